The molecule has 1 heterocycles. The topological polar surface area (TPSA) is 89.7 Å². The minimum absolute atomic E-state index is 0.0228. The Morgan fingerprint density at radius 2 is 2.05 bits per heavy atom. The number of hydrogen-bond acceptors (Lipinski definition) is 6. The van der Waals surface area contributed by atoms with Crippen LogP contribution in [0.4, 0.5) is 0 Å². The van der Waals surface area contributed by atoms with Gasteiger partial charge in [0.25, 0.3) is 0 Å². The van der Waals surface area contributed by atoms with Gasteiger partial charge < -0.3 is 10.5 Å². The van der Waals surface area contributed by atoms with Gasteiger partial charge in [0.2, 0.25) is 10.0 Å². The van der Waals surface area contributed by atoms with Gasteiger partial charge in [-0.25, -0.2) is 17.5 Å². The first-order valence-corrected chi connectivity index (χ1v) is 8.71. The molecule has 1 aromatic heterocycles. The Balaban J connectivity index is 3.26. The molecule has 0 aliphatic rings. The van der Waals surface area contributed by atoms with E-state index < -0.39 is 16.0 Å². The number of esters is 1. The Hall–Kier alpha value is -0.960. The molecule has 0 saturated heterocycles. The standard InChI is InChI=1S/C13H22N2O4S2/c1-9-6-20-10(12(16)19-5)11(9)21(17,18)15(4)8-13(2,3)7-14/h6H,7-8,14H2,1-5H3. The summed E-state index contributed by atoms with van der Waals surface area (Å²) in [5.41, 5.74) is 5.84. The minimum atomic E-state index is -3.77. The molecule has 0 spiro atoms. The number of thiophene rings is 1. The summed E-state index contributed by atoms with van der Waals surface area (Å²) in [6, 6.07) is 0. The number of nitrogens with two attached hydrogens (primary N) is 1. The van der Waals surface area contributed by atoms with Crippen molar-refractivity contribution in [2.24, 2.45) is 11.1 Å². The number of ether oxygens (including phenoxy) is 1. The van der Waals surface area contributed by atoms with Crippen LogP contribution in [0.15, 0.2) is 10.3 Å². The van der Waals surface area contributed by atoms with Gasteiger partial charge in [0.05, 0.1) is 7.11 Å². The molecule has 0 aliphatic carbocycles. The second-order valence-electron chi connectivity index (χ2n) is 5.70. The number of aryl methyl sites for hydroxylation is 1. The summed E-state index contributed by atoms with van der Waals surface area (Å²) in [6.07, 6.45) is 0. The first kappa shape index (κ1) is 18.1. The van der Waals surface area contributed by atoms with Gasteiger partial charge in [-0.05, 0) is 29.8 Å². The van der Waals surface area contributed by atoms with E-state index in [1.807, 2.05) is 13.8 Å². The van der Waals surface area contributed by atoms with Gasteiger partial charge in [0, 0.05) is 13.6 Å². The Morgan fingerprint density at radius 1 is 1.48 bits per heavy atom. The quantitative estimate of drug-likeness (QED) is 0.795. The third-order valence-electron chi connectivity index (χ3n) is 3.16. The van der Waals surface area contributed by atoms with E-state index >= 15 is 0 Å². The molecular formula is C13H22N2O4S2. The summed E-state index contributed by atoms with van der Waals surface area (Å²) in [5, 5.41) is 1.64. The Labute approximate surface area is 129 Å². The van der Waals surface area contributed by atoms with Crippen LogP contribution in [0.1, 0.15) is 29.1 Å². The van der Waals surface area contributed by atoms with Crippen molar-refractivity contribution in [2.45, 2.75) is 25.7 Å². The number of rotatable bonds is 6. The van der Waals surface area contributed by atoms with E-state index in [0.717, 1.165) is 11.3 Å². The second kappa shape index (κ2) is 6.43. The van der Waals surface area contributed by atoms with Gasteiger partial charge in [-0.2, -0.15) is 0 Å². The summed E-state index contributed by atoms with van der Waals surface area (Å²) in [5.74, 6) is -0.641. The molecule has 0 atom stereocenters. The van der Waals surface area contributed by atoms with Gasteiger partial charge in [-0.1, -0.05) is 13.8 Å². The largest absolute Gasteiger partial charge is 0.465 e. The normalized spacial score (nSPS) is 12.7. The van der Waals surface area contributed by atoms with Crippen LogP contribution >= 0.6 is 11.3 Å². The summed E-state index contributed by atoms with van der Waals surface area (Å²) in [7, 11) is -1.05. The van der Waals surface area contributed by atoms with Crippen LogP contribution in [0, 0.1) is 12.3 Å². The maximum absolute atomic E-state index is 12.7. The van der Waals surface area contributed by atoms with Crippen LogP contribution in [0.5, 0.6) is 0 Å². The molecule has 0 fully saturated rings. The third kappa shape index (κ3) is 3.82. The van der Waals surface area contributed by atoms with Crippen molar-refractivity contribution in [1.29, 1.82) is 0 Å². The number of nitrogens with zero attached hydrogens (tertiary/aromatic N) is 1. The van der Waals surface area contributed by atoms with Crippen molar-refractivity contribution in [1.82, 2.24) is 4.31 Å². The van der Waals surface area contributed by atoms with Crippen LogP contribution < -0.4 is 5.73 Å². The Morgan fingerprint density at radius 3 is 2.52 bits per heavy atom. The molecule has 0 aromatic carbocycles. The summed E-state index contributed by atoms with van der Waals surface area (Å²) >= 11 is 1.07. The number of methoxy groups -OCH3 is 1. The van der Waals surface area contributed by atoms with E-state index in [2.05, 4.69) is 4.74 Å². The highest BCUT2D eigenvalue weighted by Crippen LogP contribution is 2.30. The third-order valence-corrected chi connectivity index (χ3v) is 6.36. The molecule has 6 nitrogen and oxygen atoms in total. The van der Waals surface area contributed by atoms with E-state index in [9.17, 15) is 13.2 Å². The zero-order valence-corrected chi connectivity index (χ0v) is 14.6. The van der Waals surface area contributed by atoms with Crippen LogP contribution in [0.2, 0.25) is 0 Å². The van der Waals surface area contributed by atoms with Crippen LogP contribution in [0.25, 0.3) is 0 Å². The molecule has 21 heavy (non-hydrogen) atoms. The Kier molecular flexibility index (Phi) is 5.54. The van der Waals surface area contributed by atoms with E-state index in [0.29, 0.717) is 12.1 Å². The van der Waals surface area contributed by atoms with E-state index in [1.165, 1.54) is 18.5 Å². The van der Waals surface area contributed by atoms with Crippen LogP contribution in [-0.2, 0) is 14.8 Å². The zero-order valence-electron chi connectivity index (χ0n) is 13.0. The number of sulfonamides is 1. The lowest BCUT2D eigenvalue weighted by Gasteiger charge is -2.28. The highest BCUT2D eigenvalue weighted by atomic mass is 32.2. The average molecular weight is 334 g/mol. The smallest absolute Gasteiger partial charge is 0.349 e. The zero-order chi connectivity index (χ0) is 16.4. The summed E-state index contributed by atoms with van der Waals surface area (Å²) < 4.78 is 31.4. The fraction of sp³-hybridized carbons (Fsp3) is 0.615. The highest BCUT2D eigenvalue weighted by Gasteiger charge is 2.33. The van der Waals surface area contributed by atoms with Gasteiger partial charge in [-0.15, -0.1) is 11.3 Å². The van der Waals surface area contributed by atoms with Crippen molar-refractivity contribution >= 4 is 27.3 Å². The van der Waals surface area contributed by atoms with Crippen LogP contribution in [-0.4, -0.2) is 45.9 Å². The number of carbonyl (C=O) groups is 1. The Bertz CT molecular complexity index is 620. The molecular weight excluding hydrogens is 312 g/mol. The molecule has 0 amide bonds. The lowest BCUT2D eigenvalue weighted by molar-refractivity contribution is 0.0602. The lowest BCUT2D eigenvalue weighted by atomic mass is 9.94. The predicted molar refractivity (Wildman–Crippen MR) is 83.0 cm³/mol. The van der Waals surface area contributed by atoms with E-state index in [-0.39, 0.29) is 21.7 Å². The molecule has 0 radical (unpaired) electrons. The summed E-state index contributed by atoms with van der Waals surface area (Å²) in [6.45, 7) is 6.07. The van der Waals surface area contributed by atoms with Gasteiger partial charge in [0.15, 0.2) is 0 Å². The van der Waals surface area contributed by atoms with Crippen LogP contribution in [0.3, 0.4) is 0 Å². The maximum Gasteiger partial charge on any atom is 0.349 e. The fourth-order valence-corrected chi connectivity index (χ4v) is 4.91. The van der Waals surface area contributed by atoms with E-state index in [4.69, 9.17) is 5.73 Å². The molecule has 0 unspecified atom stereocenters. The highest BCUT2D eigenvalue weighted by molar-refractivity contribution is 7.89. The number of carbonyl (C=O) groups excluding carboxylic acids is 1. The molecule has 1 rings (SSSR count). The van der Waals surface area contributed by atoms with Crippen molar-refractivity contribution in [3.63, 3.8) is 0 Å². The molecule has 0 bridgehead atoms. The molecule has 8 heteroatoms. The van der Waals surface area contributed by atoms with Gasteiger partial charge in [-0.3, -0.25) is 0 Å². The fourth-order valence-electron chi connectivity index (χ4n) is 1.90. The molecule has 0 saturated carbocycles. The molecule has 120 valence electrons. The van der Waals surface area contributed by atoms with Crippen molar-refractivity contribution in [3.8, 4) is 0 Å². The van der Waals surface area contributed by atoms with E-state index in [1.54, 1.807) is 12.3 Å². The first-order chi connectivity index (χ1) is 9.56. The molecule has 2 N–H and O–H groups in total. The SMILES string of the molecule is COC(=O)c1scc(C)c1S(=O)(=O)N(C)CC(C)(C)CN. The molecule has 1 aromatic rings. The van der Waals surface area contributed by atoms with Crippen molar-refractivity contribution in [3.05, 3.63) is 15.8 Å². The summed E-state index contributed by atoms with van der Waals surface area (Å²) in [4.78, 5) is 11.9. The van der Waals surface area contributed by atoms with Gasteiger partial charge >= 0.3 is 5.97 Å². The lowest BCUT2D eigenvalue weighted by Crippen LogP contribution is -2.40. The minimum Gasteiger partial charge on any atom is -0.465 e. The van der Waals surface area contributed by atoms with Gasteiger partial charge in [0.1, 0.15) is 9.77 Å². The molecule has 0 aliphatic heterocycles. The second-order valence-corrected chi connectivity index (χ2v) is 8.56. The number of hydrogen-bond donors (Lipinski definition) is 1. The first-order valence-electron chi connectivity index (χ1n) is 6.39. The maximum atomic E-state index is 12.7. The average Bonchev–Trinajstić information content (AvgIpc) is 2.79. The van der Waals surface area contributed by atoms with Crippen molar-refractivity contribution in [2.75, 3.05) is 27.2 Å². The predicted octanol–water partition coefficient (Wildman–Crippen LogP) is 1.45. The monoisotopic (exact) mass is 334 g/mol. The van der Waals surface area contributed by atoms with Crippen molar-refractivity contribution < 1.29 is 17.9 Å².